The predicted molar refractivity (Wildman–Crippen MR) is 100 cm³/mol. The third-order valence-electron chi connectivity index (χ3n) is 5.63. The molecule has 0 atom stereocenters. The topological polar surface area (TPSA) is 81.7 Å². The van der Waals surface area contributed by atoms with E-state index < -0.39 is 0 Å². The summed E-state index contributed by atoms with van der Waals surface area (Å²) in [6.07, 6.45) is 5.33. The molecule has 0 aromatic heterocycles. The van der Waals surface area contributed by atoms with Gasteiger partial charge in [-0.3, -0.25) is 14.5 Å². The first kappa shape index (κ1) is 18.7. The second kappa shape index (κ2) is 8.08. The standard InChI is InChI=1S/C20H29N3O3/c1-20(8-3-9-20)22-18(25)14-23-10-6-15(7-11-23)13-21-19(26)16-4-2-5-17(24)12-16/h2,4-5,12,15,24H,3,6-11,13-14H2,1H3,(H,21,26)(H,22,25). The van der Waals surface area contributed by atoms with Gasteiger partial charge in [0.1, 0.15) is 5.75 Å². The number of nitrogens with zero attached hydrogens (tertiary/aromatic N) is 1. The van der Waals surface area contributed by atoms with Crippen molar-refractivity contribution >= 4 is 11.8 Å². The minimum Gasteiger partial charge on any atom is -0.508 e. The number of hydrogen-bond donors (Lipinski definition) is 3. The third-order valence-corrected chi connectivity index (χ3v) is 5.63. The van der Waals surface area contributed by atoms with Gasteiger partial charge in [-0.15, -0.1) is 0 Å². The Kier molecular flexibility index (Phi) is 5.81. The van der Waals surface area contributed by atoms with Crippen LogP contribution in [0.15, 0.2) is 24.3 Å². The summed E-state index contributed by atoms with van der Waals surface area (Å²) < 4.78 is 0. The maximum atomic E-state index is 12.2. The highest BCUT2D eigenvalue weighted by Crippen LogP contribution is 2.30. The number of carbonyl (C=O) groups is 2. The summed E-state index contributed by atoms with van der Waals surface area (Å²) in [6.45, 7) is 4.99. The van der Waals surface area contributed by atoms with Gasteiger partial charge in [-0.25, -0.2) is 0 Å². The van der Waals surface area contributed by atoms with E-state index >= 15 is 0 Å². The molecule has 6 nitrogen and oxygen atoms in total. The number of amides is 2. The van der Waals surface area contributed by atoms with Crippen LogP contribution in [0.4, 0.5) is 0 Å². The molecule has 2 fully saturated rings. The van der Waals surface area contributed by atoms with Crippen molar-refractivity contribution in [1.29, 1.82) is 0 Å². The van der Waals surface area contributed by atoms with Gasteiger partial charge >= 0.3 is 0 Å². The summed E-state index contributed by atoms with van der Waals surface area (Å²) in [6, 6.07) is 6.38. The lowest BCUT2D eigenvalue weighted by Crippen LogP contribution is -2.54. The van der Waals surface area contributed by atoms with E-state index in [9.17, 15) is 14.7 Å². The fourth-order valence-electron chi connectivity index (χ4n) is 3.75. The molecule has 2 aliphatic rings. The average molecular weight is 359 g/mol. The first-order valence-electron chi connectivity index (χ1n) is 9.54. The van der Waals surface area contributed by atoms with Crippen LogP contribution in [0.2, 0.25) is 0 Å². The Hall–Kier alpha value is -2.08. The molecule has 3 rings (SSSR count). The first-order valence-corrected chi connectivity index (χ1v) is 9.54. The van der Waals surface area contributed by atoms with Crippen LogP contribution in [0, 0.1) is 5.92 Å². The lowest BCUT2D eigenvalue weighted by molar-refractivity contribution is -0.125. The Morgan fingerprint density at radius 3 is 2.62 bits per heavy atom. The van der Waals surface area contributed by atoms with Gasteiger partial charge in [-0.05, 0) is 76.2 Å². The van der Waals surface area contributed by atoms with Crippen molar-refractivity contribution in [3.8, 4) is 5.75 Å². The molecule has 0 radical (unpaired) electrons. The first-order chi connectivity index (χ1) is 12.4. The van der Waals surface area contributed by atoms with Crippen molar-refractivity contribution in [2.75, 3.05) is 26.2 Å². The van der Waals surface area contributed by atoms with Crippen molar-refractivity contribution in [1.82, 2.24) is 15.5 Å². The molecule has 1 heterocycles. The molecule has 0 unspecified atom stereocenters. The van der Waals surface area contributed by atoms with Gasteiger partial charge in [0.05, 0.1) is 6.54 Å². The number of hydrogen-bond acceptors (Lipinski definition) is 4. The van der Waals surface area contributed by atoms with Gasteiger partial charge in [0.2, 0.25) is 5.91 Å². The molecule has 2 amide bonds. The number of rotatable bonds is 6. The molecule has 3 N–H and O–H groups in total. The molecule has 1 aromatic rings. The Morgan fingerprint density at radius 2 is 2.00 bits per heavy atom. The normalized spacial score (nSPS) is 20.2. The predicted octanol–water partition coefficient (Wildman–Crippen LogP) is 1.89. The number of phenols is 1. The zero-order valence-electron chi connectivity index (χ0n) is 15.5. The Bertz CT molecular complexity index is 649. The number of aromatic hydroxyl groups is 1. The maximum Gasteiger partial charge on any atom is 0.251 e. The Morgan fingerprint density at radius 1 is 1.27 bits per heavy atom. The number of carbonyl (C=O) groups excluding carboxylic acids is 2. The van der Waals surface area contributed by atoms with Crippen LogP contribution in [0.5, 0.6) is 5.75 Å². The summed E-state index contributed by atoms with van der Waals surface area (Å²) in [5.74, 6) is 0.499. The molecule has 1 aromatic carbocycles. The largest absolute Gasteiger partial charge is 0.508 e. The minimum absolute atomic E-state index is 0.0194. The molecular formula is C20H29N3O3. The zero-order valence-corrected chi connectivity index (χ0v) is 15.5. The molecule has 6 heteroatoms. The molecule has 1 aliphatic carbocycles. The minimum atomic E-state index is -0.156. The van der Waals surface area contributed by atoms with Gasteiger partial charge in [0, 0.05) is 17.6 Å². The van der Waals surface area contributed by atoms with Crippen molar-refractivity contribution in [3.05, 3.63) is 29.8 Å². The second-order valence-corrected chi connectivity index (χ2v) is 7.94. The molecule has 1 aliphatic heterocycles. The van der Waals surface area contributed by atoms with Crippen LogP contribution in [0.25, 0.3) is 0 Å². The number of benzene rings is 1. The van der Waals surface area contributed by atoms with Gasteiger partial charge in [-0.1, -0.05) is 6.07 Å². The van der Waals surface area contributed by atoms with Crippen LogP contribution in [0.3, 0.4) is 0 Å². The number of piperidine rings is 1. The van der Waals surface area contributed by atoms with Crippen LogP contribution in [-0.4, -0.2) is 53.5 Å². The fraction of sp³-hybridized carbons (Fsp3) is 0.600. The lowest BCUT2D eigenvalue weighted by Gasteiger charge is -2.40. The lowest BCUT2D eigenvalue weighted by atomic mass is 9.78. The van der Waals surface area contributed by atoms with E-state index in [0.29, 0.717) is 24.6 Å². The number of nitrogens with one attached hydrogen (secondary N) is 2. The van der Waals surface area contributed by atoms with Gasteiger partial charge in [0.15, 0.2) is 0 Å². The van der Waals surface area contributed by atoms with Crippen molar-refractivity contribution in [2.45, 2.75) is 44.6 Å². The van der Waals surface area contributed by atoms with Gasteiger partial charge in [-0.2, -0.15) is 0 Å². The monoisotopic (exact) mass is 359 g/mol. The zero-order chi connectivity index (χ0) is 18.6. The molecule has 0 spiro atoms. The van der Waals surface area contributed by atoms with E-state index in [1.807, 2.05) is 0 Å². The van der Waals surface area contributed by atoms with E-state index in [0.717, 1.165) is 38.8 Å². The number of phenolic OH excluding ortho intramolecular Hbond substituents is 1. The van der Waals surface area contributed by atoms with Crippen LogP contribution < -0.4 is 10.6 Å². The highest BCUT2D eigenvalue weighted by atomic mass is 16.3. The summed E-state index contributed by atoms with van der Waals surface area (Å²) in [4.78, 5) is 26.5. The van der Waals surface area contributed by atoms with Crippen LogP contribution >= 0.6 is 0 Å². The molecule has 0 bridgehead atoms. The smallest absolute Gasteiger partial charge is 0.251 e. The van der Waals surface area contributed by atoms with Crippen molar-refractivity contribution in [2.24, 2.45) is 5.92 Å². The molecule has 142 valence electrons. The Labute approximate surface area is 155 Å². The van der Waals surface area contributed by atoms with Crippen LogP contribution in [-0.2, 0) is 4.79 Å². The second-order valence-electron chi connectivity index (χ2n) is 7.94. The molecule has 1 saturated heterocycles. The highest BCUT2D eigenvalue weighted by Gasteiger charge is 2.33. The summed E-state index contributed by atoms with van der Waals surface area (Å²) in [5, 5.41) is 15.6. The third kappa shape index (κ3) is 4.97. The maximum absolute atomic E-state index is 12.2. The van der Waals surface area contributed by atoms with Gasteiger partial charge in [0.25, 0.3) is 5.91 Å². The SMILES string of the molecule is CC1(NC(=O)CN2CCC(CNC(=O)c3cccc(O)c3)CC2)CCC1. The van der Waals surface area contributed by atoms with E-state index in [-0.39, 0.29) is 23.1 Å². The van der Waals surface area contributed by atoms with Crippen molar-refractivity contribution in [3.63, 3.8) is 0 Å². The van der Waals surface area contributed by atoms with E-state index in [4.69, 9.17) is 0 Å². The highest BCUT2D eigenvalue weighted by molar-refractivity contribution is 5.94. The van der Waals surface area contributed by atoms with E-state index in [2.05, 4.69) is 22.5 Å². The molecule has 26 heavy (non-hydrogen) atoms. The van der Waals surface area contributed by atoms with Crippen LogP contribution in [0.1, 0.15) is 49.4 Å². The number of likely N-dealkylation sites (tertiary alicyclic amines) is 1. The van der Waals surface area contributed by atoms with E-state index in [1.165, 1.54) is 12.5 Å². The molecule has 1 saturated carbocycles. The fourth-order valence-corrected chi connectivity index (χ4v) is 3.75. The summed E-state index contributed by atoms with van der Waals surface area (Å²) in [5.41, 5.74) is 0.495. The summed E-state index contributed by atoms with van der Waals surface area (Å²) in [7, 11) is 0. The quantitative estimate of drug-likeness (QED) is 0.724. The average Bonchev–Trinajstić information content (AvgIpc) is 2.59. The van der Waals surface area contributed by atoms with Crippen molar-refractivity contribution < 1.29 is 14.7 Å². The van der Waals surface area contributed by atoms with Gasteiger partial charge < -0.3 is 15.7 Å². The summed E-state index contributed by atoms with van der Waals surface area (Å²) >= 11 is 0. The Balaban J connectivity index is 1.36. The molecular weight excluding hydrogens is 330 g/mol. The van der Waals surface area contributed by atoms with E-state index in [1.54, 1.807) is 18.2 Å².